The monoisotopic (exact) mass is 407 g/mol. The number of benzene rings is 2. The third-order valence-corrected chi connectivity index (χ3v) is 4.75. The van der Waals surface area contributed by atoms with Gasteiger partial charge in [0.1, 0.15) is 6.61 Å². The summed E-state index contributed by atoms with van der Waals surface area (Å²) in [7, 11) is -3.79. The van der Waals surface area contributed by atoms with Crippen LogP contribution in [-0.4, -0.2) is 25.2 Å². The maximum absolute atomic E-state index is 11.9. The Bertz CT molecular complexity index is 1020. The van der Waals surface area contributed by atoms with Gasteiger partial charge in [-0.15, -0.1) is 0 Å². The van der Waals surface area contributed by atoms with Gasteiger partial charge in [0.15, 0.2) is 0 Å². The number of hydrogen-bond acceptors (Lipinski definition) is 7. The normalized spacial score (nSPS) is 11.0. The zero-order valence-corrected chi connectivity index (χ0v) is 15.3. The molecule has 1 amide bonds. The van der Waals surface area contributed by atoms with Crippen molar-refractivity contribution in [3.8, 4) is 0 Å². The van der Waals surface area contributed by atoms with Crippen LogP contribution in [0, 0.1) is 10.1 Å². The number of hydrogen-bond donors (Lipinski definition) is 2. The molecule has 11 heteroatoms. The summed E-state index contributed by atoms with van der Waals surface area (Å²) in [5, 5.41) is 16.1. The zero-order valence-electron chi connectivity index (χ0n) is 14.5. The second-order valence-electron chi connectivity index (χ2n) is 5.81. The highest BCUT2D eigenvalue weighted by Gasteiger charge is 2.18. The van der Waals surface area contributed by atoms with Crippen LogP contribution in [0.25, 0.3) is 0 Å². The molecule has 0 aliphatic carbocycles. The van der Waals surface area contributed by atoms with Crippen molar-refractivity contribution < 1.29 is 27.7 Å². The number of nitro groups is 1. The van der Waals surface area contributed by atoms with Gasteiger partial charge in [-0.25, -0.2) is 13.6 Å². The van der Waals surface area contributed by atoms with Gasteiger partial charge >= 0.3 is 5.97 Å². The van der Waals surface area contributed by atoms with Gasteiger partial charge in [0, 0.05) is 18.1 Å². The van der Waals surface area contributed by atoms with E-state index in [1.807, 2.05) is 0 Å². The van der Waals surface area contributed by atoms with Crippen molar-refractivity contribution in [3.63, 3.8) is 0 Å². The first-order chi connectivity index (χ1) is 13.1. The fourth-order valence-electron chi connectivity index (χ4n) is 2.33. The van der Waals surface area contributed by atoms with Crippen molar-refractivity contribution in [2.75, 3.05) is 0 Å². The van der Waals surface area contributed by atoms with Gasteiger partial charge in [-0.05, 0) is 36.2 Å². The largest absolute Gasteiger partial charge is 0.461 e. The van der Waals surface area contributed by atoms with Crippen LogP contribution in [0.15, 0.2) is 47.4 Å². The number of nitrogens with zero attached hydrogens (tertiary/aromatic N) is 1. The molecule has 4 N–H and O–H groups in total. The summed E-state index contributed by atoms with van der Waals surface area (Å²) in [6.07, 6.45) is 0.272. The molecule has 0 aliphatic rings. The minimum Gasteiger partial charge on any atom is -0.461 e. The van der Waals surface area contributed by atoms with Gasteiger partial charge in [-0.3, -0.25) is 19.7 Å². The van der Waals surface area contributed by atoms with Crippen molar-refractivity contribution in [1.29, 1.82) is 0 Å². The van der Waals surface area contributed by atoms with Gasteiger partial charge in [0.2, 0.25) is 15.9 Å². The average molecular weight is 407 g/mol. The van der Waals surface area contributed by atoms with Crippen molar-refractivity contribution >= 4 is 27.6 Å². The Morgan fingerprint density at radius 2 is 1.75 bits per heavy atom. The lowest BCUT2D eigenvalue weighted by Crippen LogP contribution is -2.12. The summed E-state index contributed by atoms with van der Waals surface area (Å²) in [4.78, 5) is 33.4. The van der Waals surface area contributed by atoms with E-state index in [0.717, 1.165) is 6.07 Å². The predicted octanol–water partition coefficient (Wildman–Crippen LogP) is 1.02. The molecule has 0 heterocycles. The Morgan fingerprint density at radius 3 is 2.29 bits per heavy atom. The number of nitrogens with two attached hydrogens (primary N) is 2. The molecule has 2 aromatic rings. The number of primary amides is 1. The SMILES string of the molecule is NC(=O)c1ccc(COC(=O)CCc2ccc(S(N)(=O)=O)cc2)c([N+](=O)[O-])c1. The van der Waals surface area contributed by atoms with Crippen LogP contribution in [0.2, 0.25) is 0 Å². The molecule has 0 atom stereocenters. The van der Waals surface area contributed by atoms with Crippen LogP contribution < -0.4 is 10.9 Å². The number of rotatable bonds is 8. The summed E-state index contributed by atoms with van der Waals surface area (Å²) < 4.78 is 27.4. The van der Waals surface area contributed by atoms with E-state index < -0.39 is 26.8 Å². The third kappa shape index (κ3) is 5.59. The molecule has 0 fully saturated rings. The highest BCUT2D eigenvalue weighted by Crippen LogP contribution is 2.21. The Balaban J connectivity index is 1.95. The average Bonchev–Trinajstić information content (AvgIpc) is 2.64. The van der Waals surface area contributed by atoms with Gasteiger partial charge in [-0.2, -0.15) is 0 Å². The molecule has 2 aromatic carbocycles. The number of amides is 1. The fourth-order valence-corrected chi connectivity index (χ4v) is 2.85. The smallest absolute Gasteiger partial charge is 0.306 e. The summed E-state index contributed by atoms with van der Waals surface area (Å²) in [5.74, 6) is -1.40. The van der Waals surface area contributed by atoms with Crippen molar-refractivity contribution in [1.82, 2.24) is 0 Å². The van der Waals surface area contributed by atoms with Crippen molar-refractivity contribution in [2.45, 2.75) is 24.3 Å². The molecule has 0 spiro atoms. The van der Waals surface area contributed by atoms with E-state index in [9.17, 15) is 28.1 Å². The highest BCUT2D eigenvalue weighted by atomic mass is 32.2. The number of carbonyl (C=O) groups excluding carboxylic acids is 2. The van der Waals surface area contributed by atoms with E-state index in [-0.39, 0.29) is 41.2 Å². The highest BCUT2D eigenvalue weighted by molar-refractivity contribution is 7.89. The van der Waals surface area contributed by atoms with E-state index in [0.29, 0.717) is 5.56 Å². The molecule has 0 radical (unpaired) electrons. The van der Waals surface area contributed by atoms with E-state index in [1.54, 1.807) is 0 Å². The predicted molar refractivity (Wildman–Crippen MR) is 97.5 cm³/mol. The van der Waals surface area contributed by atoms with Crippen LogP contribution in [-0.2, 0) is 32.6 Å². The number of sulfonamides is 1. The van der Waals surface area contributed by atoms with Crippen LogP contribution in [0.5, 0.6) is 0 Å². The summed E-state index contributed by atoms with van der Waals surface area (Å²) in [6, 6.07) is 9.36. The van der Waals surface area contributed by atoms with Gasteiger partial charge in [0.05, 0.1) is 15.4 Å². The summed E-state index contributed by atoms with van der Waals surface area (Å²) >= 11 is 0. The maximum Gasteiger partial charge on any atom is 0.306 e. The Kier molecular flexibility index (Phi) is 6.44. The molecule has 0 bridgehead atoms. The molecule has 0 aromatic heterocycles. The quantitative estimate of drug-likeness (QED) is 0.373. The number of nitro benzene ring substituents is 1. The zero-order chi connectivity index (χ0) is 20.9. The minimum absolute atomic E-state index is 0.0120. The van der Waals surface area contributed by atoms with E-state index in [1.165, 1.54) is 36.4 Å². The van der Waals surface area contributed by atoms with Crippen molar-refractivity contribution in [2.24, 2.45) is 10.9 Å². The van der Waals surface area contributed by atoms with E-state index in [4.69, 9.17) is 15.6 Å². The van der Waals surface area contributed by atoms with E-state index in [2.05, 4.69) is 0 Å². The minimum atomic E-state index is -3.79. The Morgan fingerprint density at radius 1 is 1.11 bits per heavy atom. The standard InChI is InChI=1S/C17H17N3O7S/c18-17(22)12-4-5-13(15(9-12)20(23)24)10-27-16(21)8-3-11-1-6-14(7-2-11)28(19,25)26/h1-2,4-7,9H,3,8,10H2,(H2,18,22)(H2,19,25,26). The van der Waals surface area contributed by atoms with Gasteiger partial charge in [-0.1, -0.05) is 12.1 Å². The summed E-state index contributed by atoms with van der Waals surface area (Å²) in [5.41, 5.74) is 5.52. The maximum atomic E-state index is 11.9. The number of esters is 1. The summed E-state index contributed by atoms with van der Waals surface area (Å²) in [6.45, 7) is -0.335. The molecular formula is C17H17N3O7S. The number of ether oxygens (including phenoxy) is 1. The Labute approximate surface area is 160 Å². The lowest BCUT2D eigenvalue weighted by atomic mass is 10.1. The molecule has 0 saturated heterocycles. The van der Waals surface area contributed by atoms with Crippen LogP contribution in [0.4, 0.5) is 5.69 Å². The fraction of sp³-hybridized carbons (Fsp3) is 0.176. The van der Waals surface area contributed by atoms with E-state index >= 15 is 0 Å². The molecule has 0 unspecified atom stereocenters. The molecule has 0 saturated carbocycles. The second-order valence-corrected chi connectivity index (χ2v) is 7.38. The third-order valence-electron chi connectivity index (χ3n) is 3.82. The molecule has 2 rings (SSSR count). The first kappa shape index (κ1) is 21.0. The Hall–Kier alpha value is -3.31. The number of carbonyl (C=O) groups is 2. The van der Waals surface area contributed by atoms with Gasteiger partial charge in [0.25, 0.3) is 5.69 Å². The molecular weight excluding hydrogens is 390 g/mol. The lowest BCUT2D eigenvalue weighted by molar-refractivity contribution is -0.385. The second kappa shape index (κ2) is 8.59. The molecule has 0 aliphatic heterocycles. The first-order valence-electron chi connectivity index (χ1n) is 7.92. The van der Waals surface area contributed by atoms with Crippen LogP contribution in [0.3, 0.4) is 0 Å². The van der Waals surface area contributed by atoms with Crippen molar-refractivity contribution in [3.05, 3.63) is 69.3 Å². The first-order valence-corrected chi connectivity index (χ1v) is 9.47. The lowest BCUT2D eigenvalue weighted by Gasteiger charge is -2.07. The van der Waals surface area contributed by atoms with Crippen LogP contribution >= 0.6 is 0 Å². The number of primary sulfonamides is 1. The topological polar surface area (TPSA) is 173 Å². The van der Waals surface area contributed by atoms with Gasteiger partial charge < -0.3 is 10.5 Å². The molecule has 28 heavy (non-hydrogen) atoms. The van der Waals surface area contributed by atoms with Crippen LogP contribution in [0.1, 0.15) is 27.9 Å². The molecule has 148 valence electrons. The molecule has 10 nitrogen and oxygen atoms in total. The number of aryl methyl sites for hydroxylation is 1.